The Hall–Kier alpha value is -1.82. The number of nitrogens with zero attached hydrogens (tertiary/aromatic N) is 3. The van der Waals surface area contributed by atoms with Crippen LogP contribution in [0.15, 0.2) is 45.8 Å². The third kappa shape index (κ3) is 4.70. The Morgan fingerprint density at radius 3 is 2.65 bits per heavy atom. The number of hydrogen-bond donors (Lipinski definition) is 0. The molecule has 0 saturated heterocycles. The summed E-state index contributed by atoms with van der Waals surface area (Å²) >= 11 is 1.27. The molecule has 0 unspecified atom stereocenters. The van der Waals surface area contributed by atoms with Crippen molar-refractivity contribution >= 4 is 23.4 Å². The Kier molecular flexibility index (Phi) is 5.76. The third-order valence-corrected chi connectivity index (χ3v) is 3.65. The molecule has 0 aliphatic rings. The van der Waals surface area contributed by atoms with Crippen LogP contribution < -0.4 is 0 Å². The second-order valence-electron chi connectivity index (χ2n) is 4.70. The van der Waals surface area contributed by atoms with Crippen molar-refractivity contribution in [3.05, 3.63) is 46.1 Å². The third-order valence-electron chi connectivity index (χ3n) is 2.53. The minimum Gasteiger partial charge on any atom is -0.267 e. The normalized spacial score (nSPS) is 13.2. The van der Waals surface area contributed by atoms with Gasteiger partial charge in [-0.2, -0.15) is 0 Å². The minimum atomic E-state index is -0.875. The topological polar surface area (TPSA) is 71.8 Å². The van der Waals surface area contributed by atoms with Gasteiger partial charge in [0.25, 0.3) is 0 Å². The number of hydrogen-bond acceptors (Lipinski definition) is 5. The molecule has 0 atom stereocenters. The highest BCUT2D eigenvalue weighted by molar-refractivity contribution is 8.05. The van der Waals surface area contributed by atoms with Gasteiger partial charge in [-0.05, 0) is 33.8 Å². The molecule has 0 bridgehead atoms. The lowest BCUT2D eigenvalue weighted by atomic mass is 10.2. The summed E-state index contributed by atoms with van der Waals surface area (Å²) in [6.07, 6.45) is 5.11. The van der Waals surface area contributed by atoms with Crippen LogP contribution in [0.3, 0.4) is 0 Å². The van der Waals surface area contributed by atoms with Crippen molar-refractivity contribution in [1.82, 2.24) is 4.98 Å². The van der Waals surface area contributed by atoms with Gasteiger partial charge in [-0.15, -0.1) is 16.7 Å². The average Bonchev–Trinajstić information content (AvgIpc) is 2.44. The van der Waals surface area contributed by atoms with Gasteiger partial charge < -0.3 is 0 Å². The number of carbonyl (C=O) groups excluding carboxylic acids is 1. The van der Waals surface area contributed by atoms with Crippen molar-refractivity contribution in [2.24, 2.45) is 10.2 Å². The number of allylic oxidation sites excluding steroid dienone is 1. The molecule has 0 aliphatic heterocycles. The summed E-state index contributed by atoms with van der Waals surface area (Å²) in [5.74, 6) is -0.678. The van der Waals surface area contributed by atoms with E-state index in [0.717, 1.165) is 16.2 Å². The molecule has 0 N–H and O–H groups in total. The van der Waals surface area contributed by atoms with Crippen molar-refractivity contribution in [2.45, 2.75) is 32.4 Å². The lowest BCUT2D eigenvalue weighted by molar-refractivity contribution is -0.119. The van der Waals surface area contributed by atoms with Crippen molar-refractivity contribution in [2.75, 3.05) is 0 Å². The maximum absolute atomic E-state index is 11.4. The average molecular weight is 291 g/mol. The van der Waals surface area contributed by atoms with E-state index < -0.39 is 10.7 Å². The van der Waals surface area contributed by atoms with Gasteiger partial charge in [-0.25, -0.2) is 0 Å². The van der Waals surface area contributed by atoms with E-state index in [9.17, 15) is 9.70 Å². The van der Waals surface area contributed by atoms with Crippen LogP contribution in [0, 0.1) is 4.91 Å². The first-order chi connectivity index (χ1) is 9.36. The monoisotopic (exact) mass is 291 g/mol. The van der Waals surface area contributed by atoms with Gasteiger partial charge in [0.1, 0.15) is 0 Å². The van der Waals surface area contributed by atoms with Crippen LogP contribution in [0.1, 0.15) is 33.3 Å². The summed E-state index contributed by atoms with van der Waals surface area (Å²) in [7, 11) is 0. The number of carbonyl (C=O) groups is 1. The molecule has 6 heteroatoms. The molecule has 1 aromatic heterocycles. The van der Waals surface area contributed by atoms with Crippen LogP contribution in [0.4, 0.5) is 0 Å². The van der Waals surface area contributed by atoms with Crippen LogP contribution in [0.5, 0.6) is 0 Å². The van der Waals surface area contributed by atoms with Gasteiger partial charge in [0.15, 0.2) is 0 Å². The van der Waals surface area contributed by atoms with Crippen LogP contribution >= 0.6 is 11.8 Å². The van der Waals surface area contributed by atoms with E-state index in [1.54, 1.807) is 32.4 Å². The lowest BCUT2D eigenvalue weighted by Crippen LogP contribution is -2.25. The number of aromatic nitrogens is 1. The molecule has 0 spiro atoms. The number of nitroso groups, excluding NO2 is 1. The first-order valence-electron chi connectivity index (χ1n) is 6.05. The molecule has 0 saturated carbocycles. The number of pyridine rings is 1. The fourth-order valence-electron chi connectivity index (χ4n) is 1.42. The van der Waals surface area contributed by atoms with Gasteiger partial charge in [-0.3, -0.25) is 14.8 Å². The Morgan fingerprint density at radius 2 is 2.10 bits per heavy atom. The molecular formula is C14H17N3O2S. The maximum Gasteiger partial charge on any atom is 0.302 e. The largest absolute Gasteiger partial charge is 0.302 e. The first kappa shape index (κ1) is 16.2. The molecule has 1 rings (SSSR count). The Labute approximate surface area is 122 Å². The molecule has 1 heterocycles. The highest BCUT2D eigenvalue weighted by Gasteiger charge is 2.29. The van der Waals surface area contributed by atoms with Gasteiger partial charge in [0.2, 0.25) is 0 Å². The van der Waals surface area contributed by atoms with Crippen LogP contribution in [-0.4, -0.2) is 21.3 Å². The predicted octanol–water partition coefficient (Wildman–Crippen LogP) is 3.56. The van der Waals surface area contributed by atoms with Crippen LogP contribution in [0.25, 0.3) is 0 Å². The summed E-state index contributed by atoms with van der Waals surface area (Å²) in [4.78, 5) is 30.9. The summed E-state index contributed by atoms with van der Waals surface area (Å²) in [6.45, 7) is 7.05. The fourth-order valence-corrected chi connectivity index (χ4v) is 2.46. The van der Waals surface area contributed by atoms with Gasteiger partial charge >= 0.3 is 5.91 Å². The van der Waals surface area contributed by atoms with E-state index in [-0.39, 0.29) is 0 Å². The maximum atomic E-state index is 11.4. The zero-order chi connectivity index (χ0) is 15.2. The second-order valence-corrected chi connectivity index (χ2v) is 6.57. The van der Waals surface area contributed by atoms with E-state index in [2.05, 4.69) is 15.2 Å². The smallest absolute Gasteiger partial charge is 0.267 e. The summed E-state index contributed by atoms with van der Waals surface area (Å²) in [5.41, 5.74) is 1.77. The molecule has 5 nitrogen and oxygen atoms in total. The van der Waals surface area contributed by atoms with E-state index in [1.165, 1.54) is 11.8 Å². The van der Waals surface area contributed by atoms with Crippen LogP contribution in [-0.2, 0) is 4.79 Å². The molecule has 20 heavy (non-hydrogen) atoms. The summed E-state index contributed by atoms with van der Waals surface area (Å²) in [5, 5.41) is 2.47. The van der Waals surface area contributed by atoms with E-state index >= 15 is 0 Å². The van der Waals surface area contributed by atoms with E-state index in [0.29, 0.717) is 0 Å². The zero-order valence-electron chi connectivity index (χ0n) is 12.0. The molecule has 0 aromatic carbocycles. The number of aliphatic imine (C=N–C) groups is 1. The van der Waals surface area contributed by atoms with Crippen molar-refractivity contribution in [1.29, 1.82) is 0 Å². The number of rotatable bonds is 5. The van der Waals surface area contributed by atoms with Gasteiger partial charge in [0, 0.05) is 40.0 Å². The molecule has 106 valence electrons. The number of thioether (sulfide) groups is 1. The lowest BCUT2D eigenvalue weighted by Gasteiger charge is -2.17. The quantitative estimate of drug-likeness (QED) is 0.614. The summed E-state index contributed by atoms with van der Waals surface area (Å²) < 4.78 is -0.875. The molecule has 0 fully saturated rings. The predicted molar refractivity (Wildman–Crippen MR) is 82.7 cm³/mol. The minimum absolute atomic E-state index is 0.678. The SMILES string of the molecule is CC(=N/C=C(\C)SC(C)(C)C(=O)N=O)c1cccnc1. The Bertz CT molecular complexity index is 551. The Balaban J connectivity index is 2.80. The second kappa shape index (κ2) is 7.09. The highest BCUT2D eigenvalue weighted by Crippen LogP contribution is 2.32. The van der Waals surface area contributed by atoms with Gasteiger partial charge in [-0.1, -0.05) is 6.07 Å². The van der Waals surface area contributed by atoms with Crippen LogP contribution in [0.2, 0.25) is 0 Å². The van der Waals surface area contributed by atoms with Crippen molar-refractivity contribution in [3.63, 3.8) is 0 Å². The molecule has 0 radical (unpaired) electrons. The number of amides is 1. The first-order valence-corrected chi connectivity index (χ1v) is 6.87. The van der Waals surface area contributed by atoms with Crippen molar-refractivity contribution < 1.29 is 4.79 Å². The molecule has 0 aliphatic carbocycles. The van der Waals surface area contributed by atoms with E-state index in [1.807, 2.05) is 26.0 Å². The standard InChI is InChI=1S/C14H17N3O2S/c1-10(20-14(3,4)13(18)17-19)8-16-11(2)12-6-5-7-15-9-12/h5-9H,1-4H3/b10-8+,16-11?. The highest BCUT2D eigenvalue weighted by atomic mass is 32.2. The van der Waals surface area contributed by atoms with E-state index in [4.69, 9.17) is 0 Å². The van der Waals surface area contributed by atoms with Crippen molar-refractivity contribution in [3.8, 4) is 0 Å². The Morgan fingerprint density at radius 1 is 1.40 bits per heavy atom. The molecule has 1 amide bonds. The zero-order valence-corrected chi connectivity index (χ0v) is 12.8. The van der Waals surface area contributed by atoms with Gasteiger partial charge in [0.05, 0.1) is 4.75 Å². The fraction of sp³-hybridized carbons (Fsp3) is 0.357. The summed E-state index contributed by atoms with van der Waals surface area (Å²) in [6, 6.07) is 3.77. The molecule has 1 aromatic rings. The molecular weight excluding hydrogens is 274 g/mol.